The molecule has 0 saturated heterocycles. The molecule has 1 aliphatic rings. The van der Waals surface area contributed by atoms with Crippen LogP contribution in [0.15, 0.2) is 52.7 Å². The minimum Gasteiger partial charge on any atom is -0.493 e. The number of ether oxygens (including phenoxy) is 5. The average Bonchev–Trinajstić information content (AvgIpc) is 2.82. The van der Waals surface area contributed by atoms with Crippen LogP contribution in [0.1, 0.15) is 32.6 Å². The highest BCUT2D eigenvalue weighted by molar-refractivity contribution is 5.69. The number of benzene rings is 2. The smallest absolute Gasteiger partial charge is 0.305 e. The van der Waals surface area contributed by atoms with Crippen molar-refractivity contribution in [3.8, 4) is 17.2 Å². The summed E-state index contributed by atoms with van der Waals surface area (Å²) in [5, 5.41) is 8.71. The lowest BCUT2D eigenvalue weighted by molar-refractivity contribution is -0.143. The molecule has 1 heterocycles. The first-order valence-electron chi connectivity index (χ1n) is 11.0. The third-order valence-electron chi connectivity index (χ3n) is 4.63. The van der Waals surface area contributed by atoms with Crippen LogP contribution in [-0.2, 0) is 14.3 Å². The Morgan fingerprint density at radius 3 is 2.47 bits per heavy atom. The van der Waals surface area contributed by atoms with Gasteiger partial charge in [-0.25, -0.2) is 0 Å². The van der Waals surface area contributed by atoms with Gasteiger partial charge in [0.1, 0.15) is 36.1 Å². The van der Waals surface area contributed by atoms with Crippen molar-refractivity contribution in [2.75, 3.05) is 39.6 Å². The number of carbonyl (C=O) groups excluding carboxylic acids is 1. The molecule has 0 fully saturated rings. The summed E-state index contributed by atoms with van der Waals surface area (Å²) in [6.45, 7) is 4.50. The first-order chi connectivity index (χ1) is 15.8. The van der Waals surface area contributed by atoms with Crippen molar-refractivity contribution in [1.82, 2.24) is 0 Å². The molecular formula is C24H30N2O6. The van der Waals surface area contributed by atoms with Gasteiger partial charge in [-0.05, 0) is 50.5 Å². The maximum atomic E-state index is 11.4. The Balaban J connectivity index is 1.59. The SMILES string of the molecule is CCOC(=O)CCCCCOc1ccc2c(c1)OCCOCCOc1ccccc1N=N2. The molecule has 0 radical (unpaired) electrons. The summed E-state index contributed by atoms with van der Waals surface area (Å²) in [5.74, 6) is 1.78. The van der Waals surface area contributed by atoms with Crippen molar-refractivity contribution in [3.63, 3.8) is 0 Å². The Labute approximate surface area is 188 Å². The molecule has 0 amide bonds. The zero-order chi connectivity index (χ0) is 22.4. The first-order valence-corrected chi connectivity index (χ1v) is 11.0. The third kappa shape index (κ3) is 7.85. The van der Waals surface area contributed by atoms with E-state index in [1.165, 1.54) is 0 Å². The largest absolute Gasteiger partial charge is 0.493 e. The summed E-state index contributed by atoms with van der Waals surface area (Å²) < 4.78 is 28.0. The van der Waals surface area contributed by atoms with E-state index in [-0.39, 0.29) is 5.97 Å². The van der Waals surface area contributed by atoms with Crippen LogP contribution in [-0.4, -0.2) is 45.6 Å². The number of para-hydroxylation sites is 1. The normalized spacial score (nSPS) is 13.8. The van der Waals surface area contributed by atoms with E-state index in [2.05, 4.69) is 10.2 Å². The molecule has 172 valence electrons. The number of carbonyl (C=O) groups is 1. The maximum absolute atomic E-state index is 11.4. The van der Waals surface area contributed by atoms with Crippen LogP contribution in [0.5, 0.6) is 17.2 Å². The fourth-order valence-electron chi connectivity index (χ4n) is 3.05. The molecule has 32 heavy (non-hydrogen) atoms. The number of nitrogens with zero attached hydrogens (tertiary/aromatic N) is 2. The Kier molecular flexibility index (Phi) is 9.79. The lowest BCUT2D eigenvalue weighted by Crippen LogP contribution is -2.12. The molecule has 0 spiro atoms. The van der Waals surface area contributed by atoms with Gasteiger partial charge in [-0.3, -0.25) is 4.79 Å². The Morgan fingerprint density at radius 2 is 1.66 bits per heavy atom. The summed E-state index contributed by atoms with van der Waals surface area (Å²) in [5.41, 5.74) is 1.24. The van der Waals surface area contributed by atoms with E-state index in [0.717, 1.165) is 19.3 Å². The van der Waals surface area contributed by atoms with Crippen LogP contribution in [0, 0.1) is 0 Å². The van der Waals surface area contributed by atoms with Crippen LogP contribution in [0.25, 0.3) is 0 Å². The van der Waals surface area contributed by atoms with Crippen LogP contribution in [0.4, 0.5) is 11.4 Å². The average molecular weight is 443 g/mol. The zero-order valence-electron chi connectivity index (χ0n) is 18.5. The van der Waals surface area contributed by atoms with Crippen molar-refractivity contribution in [1.29, 1.82) is 0 Å². The molecule has 2 aromatic rings. The predicted octanol–water partition coefficient (Wildman–Crippen LogP) is 5.39. The highest BCUT2D eigenvalue weighted by atomic mass is 16.5. The molecule has 0 unspecified atom stereocenters. The van der Waals surface area contributed by atoms with Crippen LogP contribution in [0.2, 0.25) is 0 Å². The molecule has 0 saturated carbocycles. The van der Waals surface area contributed by atoms with Crippen LogP contribution in [0.3, 0.4) is 0 Å². The van der Waals surface area contributed by atoms with Crippen molar-refractivity contribution >= 4 is 17.3 Å². The molecule has 8 heteroatoms. The zero-order valence-corrected chi connectivity index (χ0v) is 18.5. The standard InChI is InChI=1S/C24H30N2O6/c1-2-29-24(27)10-4-3-7-13-30-19-11-12-21-23(18-19)32-17-15-28-14-16-31-22-9-6-5-8-20(22)25-26-21/h5-6,8-9,11-12,18H,2-4,7,10,13-17H2,1H3. The molecule has 2 aromatic carbocycles. The Hall–Kier alpha value is -3.13. The molecule has 0 aromatic heterocycles. The van der Waals surface area contributed by atoms with Gasteiger partial charge in [0.15, 0.2) is 5.75 Å². The van der Waals surface area contributed by atoms with Crippen molar-refractivity contribution < 1.29 is 28.5 Å². The molecular weight excluding hydrogens is 412 g/mol. The highest BCUT2D eigenvalue weighted by Crippen LogP contribution is 2.35. The molecule has 8 nitrogen and oxygen atoms in total. The van der Waals surface area contributed by atoms with Gasteiger partial charge in [0.05, 0.1) is 26.4 Å². The quantitative estimate of drug-likeness (QED) is 0.402. The molecule has 0 atom stereocenters. The fraction of sp³-hybridized carbons (Fsp3) is 0.458. The van der Waals surface area contributed by atoms with Crippen molar-refractivity contribution in [3.05, 3.63) is 42.5 Å². The molecule has 3 rings (SSSR count). The van der Waals surface area contributed by atoms with E-state index in [9.17, 15) is 4.79 Å². The Morgan fingerprint density at radius 1 is 0.906 bits per heavy atom. The van der Waals surface area contributed by atoms with Gasteiger partial charge in [0.25, 0.3) is 0 Å². The van der Waals surface area contributed by atoms with Gasteiger partial charge in [-0.2, -0.15) is 0 Å². The number of hydrogen-bond donors (Lipinski definition) is 0. The van der Waals surface area contributed by atoms with Crippen LogP contribution >= 0.6 is 0 Å². The van der Waals surface area contributed by atoms with Crippen molar-refractivity contribution in [2.24, 2.45) is 10.2 Å². The topological polar surface area (TPSA) is 87.9 Å². The lowest BCUT2D eigenvalue weighted by atomic mass is 10.2. The van der Waals surface area contributed by atoms with E-state index in [4.69, 9.17) is 23.7 Å². The van der Waals surface area contributed by atoms with E-state index in [1.54, 1.807) is 0 Å². The summed E-state index contributed by atoms with van der Waals surface area (Å²) in [6.07, 6.45) is 2.98. The van der Waals surface area contributed by atoms with Gasteiger partial charge >= 0.3 is 5.97 Å². The van der Waals surface area contributed by atoms with E-state index in [1.807, 2.05) is 49.4 Å². The second-order valence-electron chi connectivity index (χ2n) is 7.07. The second-order valence-corrected chi connectivity index (χ2v) is 7.07. The van der Waals surface area contributed by atoms with Gasteiger partial charge < -0.3 is 23.7 Å². The fourth-order valence-corrected chi connectivity index (χ4v) is 3.05. The lowest BCUT2D eigenvalue weighted by Gasteiger charge is -2.11. The molecule has 1 aliphatic heterocycles. The number of unbranched alkanes of at least 4 members (excludes halogenated alkanes) is 2. The predicted molar refractivity (Wildman–Crippen MR) is 119 cm³/mol. The number of azo groups is 1. The third-order valence-corrected chi connectivity index (χ3v) is 4.63. The molecule has 0 bridgehead atoms. The molecule has 0 N–H and O–H groups in total. The minimum absolute atomic E-state index is 0.145. The summed E-state index contributed by atoms with van der Waals surface area (Å²) >= 11 is 0. The summed E-state index contributed by atoms with van der Waals surface area (Å²) in [7, 11) is 0. The number of fused-ring (bicyclic) bond motifs is 2. The van der Waals surface area contributed by atoms with Gasteiger partial charge in [0.2, 0.25) is 0 Å². The number of esters is 1. The first kappa shape index (κ1) is 23.5. The minimum atomic E-state index is -0.145. The second kappa shape index (κ2) is 13.3. The summed E-state index contributed by atoms with van der Waals surface area (Å²) in [4.78, 5) is 11.4. The van der Waals surface area contributed by atoms with Crippen LogP contribution < -0.4 is 14.2 Å². The number of rotatable bonds is 8. The van der Waals surface area contributed by atoms with Gasteiger partial charge in [-0.15, -0.1) is 10.2 Å². The van der Waals surface area contributed by atoms with E-state index in [0.29, 0.717) is 74.7 Å². The highest BCUT2D eigenvalue weighted by Gasteiger charge is 2.09. The maximum Gasteiger partial charge on any atom is 0.305 e. The molecule has 0 aliphatic carbocycles. The summed E-state index contributed by atoms with van der Waals surface area (Å²) in [6, 6.07) is 13.0. The van der Waals surface area contributed by atoms with E-state index >= 15 is 0 Å². The van der Waals surface area contributed by atoms with E-state index < -0.39 is 0 Å². The number of hydrogen-bond acceptors (Lipinski definition) is 8. The Bertz CT molecular complexity index is 887. The van der Waals surface area contributed by atoms with Crippen molar-refractivity contribution in [2.45, 2.75) is 32.6 Å². The van der Waals surface area contributed by atoms with Gasteiger partial charge in [-0.1, -0.05) is 12.1 Å². The monoisotopic (exact) mass is 442 g/mol. The van der Waals surface area contributed by atoms with Gasteiger partial charge in [0, 0.05) is 12.5 Å².